The standard InChI is InChI=1S/C16H19ClFN5O3S2/c1-26-14-9-13(22-28(24,25)23-7-5-19-6-8-23)20-16(21-14)27-10-11-3-2-4-12(17)15(11)18/h2-4,9,19H,5-8,10H2,1H3,(H,20,21,22). The molecule has 0 aliphatic carbocycles. The molecule has 1 fully saturated rings. The van der Waals surface area contributed by atoms with Crippen molar-refractivity contribution in [3.05, 3.63) is 40.7 Å². The number of anilines is 1. The molecule has 0 amide bonds. The molecule has 2 aromatic rings. The number of methoxy groups -OCH3 is 1. The average Bonchev–Trinajstić information content (AvgIpc) is 2.69. The number of halogens is 2. The lowest BCUT2D eigenvalue weighted by Crippen LogP contribution is -2.48. The number of benzene rings is 1. The van der Waals surface area contributed by atoms with E-state index in [1.165, 1.54) is 23.5 Å². The van der Waals surface area contributed by atoms with Crippen LogP contribution < -0.4 is 14.8 Å². The molecule has 0 atom stereocenters. The maximum atomic E-state index is 14.0. The highest BCUT2D eigenvalue weighted by molar-refractivity contribution is 7.98. The Kier molecular flexibility index (Phi) is 6.94. The van der Waals surface area contributed by atoms with Crippen molar-refractivity contribution in [2.24, 2.45) is 0 Å². The fraction of sp³-hybridized carbons (Fsp3) is 0.375. The summed E-state index contributed by atoms with van der Waals surface area (Å²) in [6.45, 7) is 1.90. The van der Waals surface area contributed by atoms with Crippen LogP contribution in [0.15, 0.2) is 29.4 Å². The van der Waals surface area contributed by atoms with E-state index in [1.807, 2.05) is 0 Å². The van der Waals surface area contributed by atoms with E-state index in [1.54, 1.807) is 12.1 Å². The maximum Gasteiger partial charge on any atom is 0.302 e. The van der Waals surface area contributed by atoms with E-state index < -0.39 is 16.0 Å². The van der Waals surface area contributed by atoms with Crippen molar-refractivity contribution in [1.82, 2.24) is 19.6 Å². The first-order chi connectivity index (χ1) is 13.4. The minimum Gasteiger partial charge on any atom is -0.481 e. The predicted molar refractivity (Wildman–Crippen MR) is 107 cm³/mol. The second kappa shape index (κ2) is 9.23. The first-order valence-corrected chi connectivity index (χ1v) is 11.2. The molecule has 2 heterocycles. The van der Waals surface area contributed by atoms with Gasteiger partial charge >= 0.3 is 10.2 Å². The normalized spacial score (nSPS) is 15.4. The molecule has 0 radical (unpaired) electrons. The lowest BCUT2D eigenvalue weighted by atomic mass is 10.2. The van der Waals surface area contributed by atoms with Crippen LogP contribution in [0.1, 0.15) is 5.56 Å². The largest absolute Gasteiger partial charge is 0.481 e. The van der Waals surface area contributed by atoms with Gasteiger partial charge in [0.05, 0.1) is 12.1 Å². The van der Waals surface area contributed by atoms with Crippen LogP contribution >= 0.6 is 23.4 Å². The van der Waals surface area contributed by atoms with Crippen molar-refractivity contribution in [3.8, 4) is 5.88 Å². The Bertz CT molecular complexity index is 942. The van der Waals surface area contributed by atoms with E-state index in [0.29, 0.717) is 31.7 Å². The van der Waals surface area contributed by atoms with E-state index in [0.717, 1.165) is 11.8 Å². The highest BCUT2D eigenvalue weighted by atomic mass is 35.5. The SMILES string of the molecule is COc1cc(NS(=O)(=O)N2CCNCC2)nc(SCc2cccc(Cl)c2F)n1. The molecule has 0 unspecified atom stereocenters. The Hall–Kier alpha value is -1.66. The van der Waals surface area contributed by atoms with E-state index in [9.17, 15) is 12.8 Å². The van der Waals surface area contributed by atoms with Crippen LogP contribution in [0.4, 0.5) is 10.2 Å². The number of nitrogens with one attached hydrogen (secondary N) is 2. The van der Waals surface area contributed by atoms with E-state index in [4.69, 9.17) is 16.3 Å². The van der Waals surface area contributed by atoms with Gasteiger partial charge in [-0.2, -0.15) is 17.7 Å². The van der Waals surface area contributed by atoms with Crippen molar-refractivity contribution < 1.29 is 17.5 Å². The summed E-state index contributed by atoms with van der Waals surface area (Å²) in [4.78, 5) is 8.39. The van der Waals surface area contributed by atoms with Gasteiger partial charge in [-0.1, -0.05) is 35.5 Å². The molecule has 12 heteroatoms. The van der Waals surface area contributed by atoms with Gasteiger partial charge in [0.25, 0.3) is 0 Å². The fourth-order valence-corrected chi connectivity index (χ4v) is 4.69. The smallest absolute Gasteiger partial charge is 0.302 e. The molecular formula is C16H19ClFN5O3S2. The second-order valence-electron chi connectivity index (χ2n) is 5.84. The van der Waals surface area contributed by atoms with Gasteiger partial charge in [0, 0.05) is 38.0 Å². The Labute approximate surface area is 172 Å². The predicted octanol–water partition coefficient (Wildman–Crippen LogP) is 2.13. The molecule has 3 rings (SSSR count). The zero-order valence-electron chi connectivity index (χ0n) is 15.0. The monoisotopic (exact) mass is 447 g/mol. The molecule has 1 aromatic carbocycles. The van der Waals surface area contributed by atoms with Crippen LogP contribution in [0.2, 0.25) is 5.02 Å². The summed E-state index contributed by atoms with van der Waals surface area (Å²) in [6.07, 6.45) is 0. The Morgan fingerprint density at radius 2 is 2.11 bits per heavy atom. The van der Waals surface area contributed by atoms with Crippen LogP contribution in [0.5, 0.6) is 5.88 Å². The summed E-state index contributed by atoms with van der Waals surface area (Å²) < 4.78 is 48.1. The van der Waals surface area contributed by atoms with Crippen LogP contribution in [0.25, 0.3) is 0 Å². The molecule has 2 N–H and O–H groups in total. The van der Waals surface area contributed by atoms with Crippen LogP contribution in [-0.4, -0.2) is 56.0 Å². The minimum absolute atomic E-state index is 0.0362. The lowest BCUT2D eigenvalue weighted by molar-refractivity contribution is 0.362. The van der Waals surface area contributed by atoms with E-state index >= 15 is 0 Å². The van der Waals surface area contributed by atoms with Gasteiger partial charge in [-0.05, 0) is 11.6 Å². The summed E-state index contributed by atoms with van der Waals surface area (Å²) in [7, 11) is -2.33. The van der Waals surface area contributed by atoms with Crippen molar-refractivity contribution in [1.29, 1.82) is 0 Å². The zero-order chi connectivity index (χ0) is 20.1. The molecule has 0 spiro atoms. The van der Waals surface area contributed by atoms with Gasteiger partial charge in [0.15, 0.2) is 5.16 Å². The number of aromatic nitrogens is 2. The first-order valence-electron chi connectivity index (χ1n) is 8.36. The third kappa shape index (κ3) is 5.23. The Morgan fingerprint density at radius 1 is 1.36 bits per heavy atom. The van der Waals surface area contributed by atoms with Crippen LogP contribution in [-0.2, 0) is 16.0 Å². The summed E-state index contributed by atoms with van der Waals surface area (Å²) in [6, 6.07) is 6.13. The molecule has 1 aliphatic rings. The van der Waals surface area contributed by atoms with Gasteiger partial charge in [-0.25, -0.2) is 9.37 Å². The van der Waals surface area contributed by atoms with Gasteiger partial charge in [-0.15, -0.1) is 0 Å². The summed E-state index contributed by atoms with van der Waals surface area (Å²) in [5.41, 5.74) is 0.395. The summed E-state index contributed by atoms with van der Waals surface area (Å²) in [5.74, 6) is 0.00419. The number of piperazine rings is 1. The number of hydrogen-bond donors (Lipinski definition) is 2. The molecule has 1 aliphatic heterocycles. The second-order valence-corrected chi connectivity index (χ2v) is 8.86. The van der Waals surface area contributed by atoms with Crippen molar-refractivity contribution >= 4 is 39.4 Å². The molecule has 28 heavy (non-hydrogen) atoms. The fourth-order valence-electron chi connectivity index (χ4n) is 2.51. The number of rotatable bonds is 7. The number of hydrogen-bond acceptors (Lipinski definition) is 7. The molecule has 0 bridgehead atoms. The zero-order valence-corrected chi connectivity index (χ0v) is 17.4. The van der Waals surface area contributed by atoms with Gasteiger partial charge < -0.3 is 10.1 Å². The molecule has 152 valence electrons. The maximum absolute atomic E-state index is 14.0. The first kappa shape index (κ1) is 21.1. The molecular weight excluding hydrogens is 429 g/mol. The number of ether oxygens (including phenoxy) is 1. The molecule has 1 aromatic heterocycles. The summed E-state index contributed by atoms with van der Waals surface area (Å²) in [5, 5.41) is 3.38. The number of nitrogens with zero attached hydrogens (tertiary/aromatic N) is 3. The highest BCUT2D eigenvalue weighted by Gasteiger charge is 2.24. The Morgan fingerprint density at radius 3 is 2.82 bits per heavy atom. The topological polar surface area (TPSA) is 96.5 Å². The lowest BCUT2D eigenvalue weighted by Gasteiger charge is -2.26. The molecule has 0 saturated carbocycles. The minimum atomic E-state index is -3.75. The van der Waals surface area contributed by atoms with Gasteiger partial charge in [0.2, 0.25) is 5.88 Å². The summed E-state index contributed by atoms with van der Waals surface area (Å²) >= 11 is 6.94. The van der Waals surface area contributed by atoms with Crippen molar-refractivity contribution in [2.75, 3.05) is 38.0 Å². The molecule has 8 nitrogen and oxygen atoms in total. The van der Waals surface area contributed by atoms with Gasteiger partial charge in [0.1, 0.15) is 11.6 Å². The van der Waals surface area contributed by atoms with Gasteiger partial charge in [-0.3, -0.25) is 4.72 Å². The van der Waals surface area contributed by atoms with Crippen molar-refractivity contribution in [3.63, 3.8) is 0 Å². The quantitative estimate of drug-likeness (QED) is 0.495. The van der Waals surface area contributed by atoms with Crippen molar-refractivity contribution in [2.45, 2.75) is 10.9 Å². The third-order valence-electron chi connectivity index (χ3n) is 3.93. The van der Waals surface area contributed by atoms with Crippen LogP contribution in [0, 0.1) is 5.82 Å². The number of thioether (sulfide) groups is 1. The average molecular weight is 448 g/mol. The van der Waals surface area contributed by atoms with Crippen LogP contribution in [0.3, 0.4) is 0 Å². The third-order valence-corrected chi connectivity index (χ3v) is 6.63. The Balaban J connectivity index is 1.77. The van der Waals surface area contributed by atoms with E-state index in [-0.39, 0.29) is 27.6 Å². The van der Waals surface area contributed by atoms with E-state index in [2.05, 4.69) is 20.0 Å². The highest BCUT2D eigenvalue weighted by Crippen LogP contribution is 2.27. The molecule has 1 saturated heterocycles.